The van der Waals surface area contributed by atoms with Gasteiger partial charge < -0.3 is 9.73 Å². The third kappa shape index (κ3) is 2.93. The maximum absolute atomic E-state index is 11.5. The zero-order valence-electron chi connectivity index (χ0n) is 11.7. The molecule has 0 saturated carbocycles. The Morgan fingerprint density at radius 2 is 2.05 bits per heavy atom. The van der Waals surface area contributed by atoms with Crippen LogP contribution < -0.4 is 5.32 Å². The first kappa shape index (κ1) is 14.9. The molecule has 2 aromatic carbocycles. The number of carbonyl (C=O) groups is 1. The van der Waals surface area contributed by atoms with Crippen molar-refractivity contribution in [1.82, 2.24) is 4.98 Å². The molecule has 0 aliphatic rings. The molecule has 1 N–H and O–H groups in total. The molecule has 0 aliphatic carbocycles. The molecule has 3 aromatic rings. The van der Waals surface area contributed by atoms with Crippen molar-refractivity contribution in [2.45, 2.75) is 13.3 Å². The summed E-state index contributed by atoms with van der Waals surface area (Å²) in [7, 11) is 0. The Labute approximate surface area is 137 Å². The number of fused-ring (bicyclic) bond motifs is 1. The van der Waals surface area contributed by atoms with E-state index in [1.54, 1.807) is 43.3 Å². The lowest BCUT2D eigenvalue weighted by molar-refractivity contribution is -0.115. The van der Waals surface area contributed by atoms with Gasteiger partial charge in [0, 0.05) is 17.0 Å². The number of hydrogen-bond acceptors (Lipinski definition) is 3. The third-order valence-electron chi connectivity index (χ3n) is 3.16. The highest BCUT2D eigenvalue weighted by Gasteiger charge is 2.12. The van der Waals surface area contributed by atoms with E-state index in [9.17, 15) is 4.79 Å². The minimum Gasteiger partial charge on any atom is -0.436 e. The van der Waals surface area contributed by atoms with Crippen LogP contribution in [0.1, 0.15) is 13.3 Å². The third-order valence-corrected chi connectivity index (χ3v) is 3.72. The number of amides is 1. The number of aromatic nitrogens is 1. The second-order valence-electron chi connectivity index (χ2n) is 4.73. The van der Waals surface area contributed by atoms with Gasteiger partial charge >= 0.3 is 0 Å². The number of anilines is 1. The number of hydrogen-bond donors (Lipinski definition) is 1. The van der Waals surface area contributed by atoms with E-state index in [1.165, 1.54) is 0 Å². The number of nitrogens with zero attached hydrogens (tertiary/aromatic N) is 1. The van der Waals surface area contributed by atoms with E-state index in [0.717, 1.165) is 5.56 Å². The van der Waals surface area contributed by atoms with Crippen LogP contribution in [0, 0.1) is 0 Å². The molecule has 4 nitrogen and oxygen atoms in total. The SMILES string of the molecule is CCC(=O)Nc1cc(-c2nc3cc(Cl)ccc3o2)ccc1Cl. The summed E-state index contributed by atoms with van der Waals surface area (Å²) in [5, 5.41) is 3.81. The Morgan fingerprint density at radius 3 is 2.82 bits per heavy atom. The van der Waals surface area contributed by atoms with E-state index < -0.39 is 0 Å². The highest BCUT2D eigenvalue weighted by atomic mass is 35.5. The minimum atomic E-state index is -0.108. The number of benzene rings is 2. The molecular weight excluding hydrogens is 323 g/mol. The van der Waals surface area contributed by atoms with Crippen molar-refractivity contribution < 1.29 is 9.21 Å². The van der Waals surface area contributed by atoms with E-state index >= 15 is 0 Å². The Morgan fingerprint density at radius 1 is 1.23 bits per heavy atom. The number of nitrogens with one attached hydrogen (secondary N) is 1. The second kappa shape index (κ2) is 5.99. The second-order valence-corrected chi connectivity index (χ2v) is 5.57. The van der Waals surface area contributed by atoms with Gasteiger partial charge in [0.2, 0.25) is 11.8 Å². The maximum atomic E-state index is 11.5. The minimum absolute atomic E-state index is 0.108. The molecule has 0 atom stereocenters. The van der Waals surface area contributed by atoms with Crippen molar-refractivity contribution >= 4 is 45.9 Å². The summed E-state index contributed by atoms with van der Waals surface area (Å²) in [5.41, 5.74) is 2.58. The van der Waals surface area contributed by atoms with Crippen LogP contribution in [-0.4, -0.2) is 10.9 Å². The summed E-state index contributed by atoms with van der Waals surface area (Å²) >= 11 is 12.0. The highest BCUT2D eigenvalue weighted by Crippen LogP contribution is 2.31. The van der Waals surface area contributed by atoms with Gasteiger partial charge in [0.15, 0.2) is 5.58 Å². The Kier molecular flexibility index (Phi) is 4.05. The molecule has 1 heterocycles. The van der Waals surface area contributed by atoms with Crippen LogP contribution in [0.4, 0.5) is 5.69 Å². The van der Waals surface area contributed by atoms with Gasteiger partial charge in [-0.2, -0.15) is 0 Å². The first-order valence-electron chi connectivity index (χ1n) is 6.72. The molecule has 3 rings (SSSR count). The lowest BCUT2D eigenvalue weighted by atomic mass is 10.2. The van der Waals surface area contributed by atoms with Crippen molar-refractivity contribution in [3.63, 3.8) is 0 Å². The van der Waals surface area contributed by atoms with Crippen LogP contribution in [0.5, 0.6) is 0 Å². The molecule has 0 spiro atoms. The Hall–Kier alpha value is -2.04. The Balaban J connectivity index is 2.02. The molecule has 0 saturated heterocycles. The zero-order valence-corrected chi connectivity index (χ0v) is 13.2. The van der Waals surface area contributed by atoms with Gasteiger partial charge in [-0.25, -0.2) is 4.98 Å². The summed E-state index contributed by atoms with van der Waals surface area (Å²) in [6, 6.07) is 10.5. The number of oxazole rings is 1. The smallest absolute Gasteiger partial charge is 0.227 e. The van der Waals surface area contributed by atoms with Crippen LogP contribution in [0.25, 0.3) is 22.6 Å². The maximum Gasteiger partial charge on any atom is 0.227 e. The van der Waals surface area contributed by atoms with Crippen molar-refractivity contribution in [2.24, 2.45) is 0 Å². The van der Waals surface area contributed by atoms with E-state index in [4.69, 9.17) is 27.6 Å². The lowest BCUT2D eigenvalue weighted by Gasteiger charge is -2.07. The number of carbonyl (C=O) groups excluding carboxylic acids is 1. The summed E-state index contributed by atoms with van der Waals surface area (Å²) in [6.45, 7) is 1.78. The topological polar surface area (TPSA) is 55.1 Å². The predicted octanol–water partition coefficient (Wildman–Crippen LogP) is 5.15. The van der Waals surface area contributed by atoms with Crippen LogP contribution in [0.15, 0.2) is 40.8 Å². The fraction of sp³-hybridized carbons (Fsp3) is 0.125. The number of rotatable bonds is 3. The molecule has 22 heavy (non-hydrogen) atoms. The first-order chi connectivity index (χ1) is 10.6. The van der Waals surface area contributed by atoms with E-state index in [1.807, 2.05) is 0 Å². The highest BCUT2D eigenvalue weighted by molar-refractivity contribution is 6.33. The zero-order chi connectivity index (χ0) is 15.7. The quantitative estimate of drug-likeness (QED) is 0.720. The summed E-state index contributed by atoms with van der Waals surface area (Å²) in [4.78, 5) is 15.9. The van der Waals surface area contributed by atoms with E-state index in [2.05, 4.69) is 10.3 Å². The summed E-state index contributed by atoms with van der Waals surface area (Å²) in [5.74, 6) is 0.337. The van der Waals surface area contributed by atoms with Crippen molar-refractivity contribution in [3.8, 4) is 11.5 Å². The molecule has 0 fully saturated rings. The van der Waals surface area contributed by atoms with Crippen LogP contribution in [0.2, 0.25) is 10.0 Å². The van der Waals surface area contributed by atoms with Crippen molar-refractivity contribution in [2.75, 3.05) is 5.32 Å². The van der Waals surface area contributed by atoms with Gasteiger partial charge in [-0.1, -0.05) is 30.1 Å². The standard InChI is InChI=1S/C16H12Cl2N2O2/c1-2-15(21)19-12-7-9(3-5-11(12)18)16-20-13-8-10(17)4-6-14(13)22-16/h3-8H,2H2,1H3,(H,19,21). The first-order valence-corrected chi connectivity index (χ1v) is 7.48. The van der Waals surface area contributed by atoms with Crippen LogP contribution >= 0.6 is 23.2 Å². The van der Waals surface area contributed by atoms with Gasteiger partial charge in [0.05, 0.1) is 10.7 Å². The van der Waals surface area contributed by atoms with Gasteiger partial charge in [-0.15, -0.1) is 0 Å². The fourth-order valence-electron chi connectivity index (χ4n) is 2.02. The molecule has 0 unspecified atom stereocenters. The molecule has 112 valence electrons. The molecular formula is C16H12Cl2N2O2. The van der Waals surface area contributed by atoms with Crippen LogP contribution in [0.3, 0.4) is 0 Å². The lowest BCUT2D eigenvalue weighted by Crippen LogP contribution is -2.09. The number of halogens is 2. The molecule has 1 amide bonds. The molecule has 0 radical (unpaired) electrons. The summed E-state index contributed by atoms with van der Waals surface area (Å²) in [6.07, 6.45) is 0.377. The molecule has 0 bridgehead atoms. The largest absolute Gasteiger partial charge is 0.436 e. The normalized spacial score (nSPS) is 10.9. The average Bonchev–Trinajstić information content (AvgIpc) is 2.92. The predicted molar refractivity (Wildman–Crippen MR) is 88.4 cm³/mol. The monoisotopic (exact) mass is 334 g/mol. The van der Waals surface area contributed by atoms with E-state index in [-0.39, 0.29) is 5.91 Å². The fourth-order valence-corrected chi connectivity index (χ4v) is 2.35. The van der Waals surface area contributed by atoms with Gasteiger partial charge in [0.1, 0.15) is 5.52 Å². The van der Waals surface area contributed by atoms with E-state index in [0.29, 0.717) is 39.1 Å². The molecule has 0 aliphatic heterocycles. The molecule has 6 heteroatoms. The van der Waals surface area contributed by atoms with Gasteiger partial charge in [-0.3, -0.25) is 4.79 Å². The Bertz CT molecular complexity index is 858. The average molecular weight is 335 g/mol. The van der Waals surface area contributed by atoms with Gasteiger partial charge in [0.25, 0.3) is 0 Å². The van der Waals surface area contributed by atoms with Crippen molar-refractivity contribution in [1.29, 1.82) is 0 Å². The molecule has 1 aromatic heterocycles. The van der Waals surface area contributed by atoms with Crippen LogP contribution in [-0.2, 0) is 4.79 Å². The van der Waals surface area contributed by atoms with Gasteiger partial charge in [-0.05, 0) is 36.4 Å². The summed E-state index contributed by atoms with van der Waals surface area (Å²) < 4.78 is 5.71. The van der Waals surface area contributed by atoms with Crippen molar-refractivity contribution in [3.05, 3.63) is 46.4 Å².